The predicted octanol–water partition coefficient (Wildman–Crippen LogP) is 4.12. The molecule has 2 rings (SSSR count). The van der Waals surface area contributed by atoms with Gasteiger partial charge >= 0.3 is 0 Å². The van der Waals surface area contributed by atoms with Crippen LogP contribution in [0.3, 0.4) is 0 Å². The Morgan fingerprint density at radius 1 is 1.35 bits per heavy atom. The quantitative estimate of drug-likeness (QED) is 0.398. The molecule has 0 radical (unpaired) electrons. The first-order chi connectivity index (χ1) is 10.6. The Hall–Kier alpha value is -1.02. The lowest BCUT2D eigenvalue weighted by atomic mass is 10.1. The number of nitrogens with one attached hydrogen (secondary N) is 2. The van der Waals surface area contributed by atoms with E-state index in [0.29, 0.717) is 5.92 Å². The minimum absolute atomic E-state index is 0. The van der Waals surface area contributed by atoms with Crippen LogP contribution in [-0.2, 0) is 13.0 Å². The zero-order valence-electron chi connectivity index (χ0n) is 14.2. The summed E-state index contributed by atoms with van der Waals surface area (Å²) in [5, 5.41) is 8.86. The Morgan fingerprint density at radius 3 is 2.70 bits per heavy atom. The molecule has 0 fully saturated rings. The largest absolute Gasteiger partial charge is 0.466 e. The van der Waals surface area contributed by atoms with Gasteiger partial charge in [-0.25, -0.2) is 0 Å². The van der Waals surface area contributed by atoms with Gasteiger partial charge in [0.15, 0.2) is 5.96 Å². The van der Waals surface area contributed by atoms with Gasteiger partial charge in [-0.3, -0.25) is 4.99 Å². The molecule has 2 aromatic rings. The molecule has 4 nitrogen and oxygen atoms in total. The molecular weight excluding hydrogens is 421 g/mol. The summed E-state index contributed by atoms with van der Waals surface area (Å²) in [5.74, 6) is 3.31. The number of hydrogen-bond acceptors (Lipinski definition) is 3. The molecule has 0 saturated heterocycles. The molecule has 6 heteroatoms. The van der Waals surface area contributed by atoms with E-state index in [-0.39, 0.29) is 24.0 Å². The van der Waals surface area contributed by atoms with E-state index < -0.39 is 0 Å². The van der Waals surface area contributed by atoms with E-state index in [1.807, 2.05) is 25.2 Å². The zero-order valence-corrected chi connectivity index (χ0v) is 17.3. The van der Waals surface area contributed by atoms with Crippen molar-refractivity contribution in [2.75, 3.05) is 13.6 Å². The highest BCUT2D eigenvalue weighted by atomic mass is 127. The SMILES string of the molecule is CN=C(NCc1cc(C)oc1C)NCC(C)Cc1cccs1.I. The van der Waals surface area contributed by atoms with Gasteiger partial charge in [0, 0.05) is 30.6 Å². The van der Waals surface area contributed by atoms with E-state index in [0.717, 1.165) is 37.0 Å². The first kappa shape index (κ1) is 20.0. The molecule has 0 bridgehead atoms. The molecule has 0 spiro atoms. The molecule has 2 heterocycles. The Balaban J connectivity index is 0.00000264. The van der Waals surface area contributed by atoms with Crippen molar-refractivity contribution < 1.29 is 4.42 Å². The highest BCUT2D eigenvalue weighted by Gasteiger charge is 2.08. The van der Waals surface area contributed by atoms with Crippen molar-refractivity contribution in [3.05, 3.63) is 45.5 Å². The van der Waals surface area contributed by atoms with E-state index in [1.54, 1.807) is 7.05 Å². The minimum Gasteiger partial charge on any atom is -0.466 e. The van der Waals surface area contributed by atoms with Crippen LogP contribution in [0, 0.1) is 19.8 Å². The van der Waals surface area contributed by atoms with E-state index in [9.17, 15) is 0 Å². The molecule has 0 aromatic carbocycles. The van der Waals surface area contributed by atoms with Gasteiger partial charge in [0.1, 0.15) is 11.5 Å². The molecular formula is C17H26IN3OS. The van der Waals surface area contributed by atoms with Crippen molar-refractivity contribution >= 4 is 41.3 Å². The minimum atomic E-state index is 0. The number of guanidine groups is 1. The predicted molar refractivity (Wildman–Crippen MR) is 109 cm³/mol. The molecule has 1 atom stereocenters. The average Bonchev–Trinajstić information content (AvgIpc) is 3.09. The van der Waals surface area contributed by atoms with Gasteiger partial charge in [-0.05, 0) is 43.7 Å². The lowest BCUT2D eigenvalue weighted by molar-refractivity contribution is 0.500. The maximum Gasteiger partial charge on any atom is 0.191 e. The van der Waals surface area contributed by atoms with Crippen LogP contribution in [-0.4, -0.2) is 19.6 Å². The van der Waals surface area contributed by atoms with Crippen LogP contribution >= 0.6 is 35.3 Å². The monoisotopic (exact) mass is 447 g/mol. The first-order valence-corrected chi connectivity index (χ1v) is 8.49. The van der Waals surface area contributed by atoms with Crippen LogP contribution in [0.15, 0.2) is 33.0 Å². The second-order valence-corrected chi connectivity index (χ2v) is 6.67. The number of halogens is 1. The van der Waals surface area contributed by atoms with E-state index in [4.69, 9.17) is 4.42 Å². The topological polar surface area (TPSA) is 49.6 Å². The highest BCUT2D eigenvalue weighted by molar-refractivity contribution is 14.0. The van der Waals surface area contributed by atoms with Gasteiger partial charge in [-0.1, -0.05) is 13.0 Å². The number of furan rings is 1. The van der Waals surface area contributed by atoms with Crippen molar-refractivity contribution in [1.29, 1.82) is 0 Å². The van der Waals surface area contributed by atoms with Crippen molar-refractivity contribution in [3.63, 3.8) is 0 Å². The van der Waals surface area contributed by atoms with Crippen LogP contribution in [0.1, 0.15) is 28.9 Å². The molecule has 128 valence electrons. The lowest BCUT2D eigenvalue weighted by Gasteiger charge is -2.15. The van der Waals surface area contributed by atoms with Crippen LogP contribution in [0.2, 0.25) is 0 Å². The van der Waals surface area contributed by atoms with Gasteiger partial charge in [-0.15, -0.1) is 35.3 Å². The molecule has 23 heavy (non-hydrogen) atoms. The third kappa shape index (κ3) is 6.55. The number of aryl methyl sites for hydroxylation is 2. The van der Waals surface area contributed by atoms with Crippen molar-refractivity contribution in [3.8, 4) is 0 Å². The maximum absolute atomic E-state index is 5.54. The van der Waals surface area contributed by atoms with Gasteiger partial charge in [0.25, 0.3) is 0 Å². The summed E-state index contributed by atoms with van der Waals surface area (Å²) < 4.78 is 5.54. The molecule has 0 aliphatic heterocycles. The summed E-state index contributed by atoms with van der Waals surface area (Å²) >= 11 is 1.82. The summed E-state index contributed by atoms with van der Waals surface area (Å²) in [5.41, 5.74) is 1.17. The maximum atomic E-state index is 5.54. The first-order valence-electron chi connectivity index (χ1n) is 7.61. The van der Waals surface area contributed by atoms with Gasteiger partial charge < -0.3 is 15.1 Å². The smallest absolute Gasteiger partial charge is 0.191 e. The number of rotatable bonds is 6. The molecule has 0 amide bonds. The summed E-state index contributed by atoms with van der Waals surface area (Å²) in [6.45, 7) is 7.84. The fourth-order valence-electron chi connectivity index (χ4n) is 2.37. The fourth-order valence-corrected chi connectivity index (χ4v) is 3.24. The number of aliphatic imine (C=N–C) groups is 1. The van der Waals surface area contributed by atoms with E-state index in [2.05, 4.69) is 46.1 Å². The fraction of sp³-hybridized carbons (Fsp3) is 0.471. The van der Waals surface area contributed by atoms with Crippen LogP contribution < -0.4 is 10.6 Å². The highest BCUT2D eigenvalue weighted by Crippen LogP contribution is 2.14. The van der Waals surface area contributed by atoms with Crippen molar-refractivity contribution in [2.24, 2.45) is 10.9 Å². The Kier molecular flexibility index (Phi) is 8.68. The summed E-state index contributed by atoms with van der Waals surface area (Å²) in [7, 11) is 1.80. The van der Waals surface area contributed by atoms with Crippen molar-refractivity contribution in [2.45, 2.75) is 33.7 Å². The normalized spacial score (nSPS) is 12.6. The summed E-state index contributed by atoms with van der Waals surface area (Å²) in [6.07, 6.45) is 1.10. The molecule has 2 N–H and O–H groups in total. The second-order valence-electron chi connectivity index (χ2n) is 5.63. The molecule has 0 aliphatic rings. The molecule has 2 aromatic heterocycles. The Bertz CT molecular complexity index is 607. The number of thiophene rings is 1. The number of hydrogen-bond donors (Lipinski definition) is 2. The van der Waals surface area contributed by atoms with E-state index >= 15 is 0 Å². The van der Waals surface area contributed by atoms with E-state index in [1.165, 1.54) is 10.4 Å². The Labute approximate surface area is 159 Å². The van der Waals surface area contributed by atoms with Gasteiger partial charge in [-0.2, -0.15) is 0 Å². The van der Waals surface area contributed by atoms with Gasteiger partial charge in [0.05, 0.1) is 0 Å². The lowest BCUT2D eigenvalue weighted by Crippen LogP contribution is -2.39. The summed E-state index contributed by atoms with van der Waals surface area (Å²) in [6, 6.07) is 6.36. The molecule has 0 saturated carbocycles. The average molecular weight is 447 g/mol. The zero-order chi connectivity index (χ0) is 15.9. The molecule has 1 unspecified atom stereocenters. The van der Waals surface area contributed by atoms with Gasteiger partial charge in [0.2, 0.25) is 0 Å². The molecule has 0 aliphatic carbocycles. The third-order valence-corrected chi connectivity index (χ3v) is 4.46. The Morgan fingerprint density at radius 2 is 2.13 bits per heavy atom. The van der Waals surface area contributed by atoms with Crippen LogP contribution in [0.5, 0.6) is 0 Å². The van der Waals surface area contributed by atoms with Crippen LogP contribution in [0.25, 0.3) is 0 Å². The third-order valence-electron chi connectivity index (χ3n) is 3.56. The standard InChI is InChI=1S/C17H25N3OS.HI/c1-12(8-16-6-5-7-22-16)10-19-17(18-4)20-11-15-9-13(2)21-14(15)3;/h5-7,9,12H,8,10-11H2,1-4H3,(H2,18,19,20);1H. The second kappa shape index (κ2) is 9.97. The summed E-state index contributed by atoms with van der Waals surface area (Å²) in [4.78, 5) is 5.71. The van der Waals surface area contributed by atoms with Crippen LogP contribution in [0.4, 0.5) is 0 Å². The number of nitrogens with zero attached hydrogens (tertiary/aromatic N) is 1. The van der Waals surface area contributed by atoms with Crippen molar-refractivity contribution in [1.82, 2.24) is 10.6 Å².